The average molecular weight is 642 g/mol. The number of carbonyl (C=O) groups is 1. The van der Waals surface area contributed by atoms with E-state index in [1.165, 1.54) is 103 Å². The van der Waals surface area contributed by atoms with Crippen molar-refractivity contribution in [3.05, 3.63) is 60.8 Å². The summed E-state index contributed by atoms with van der Waals surface area (Å²) in [5.41, 5.74) is 0. The Bertz CT molecular complexity index is 782. The van der Waals surface area contributed by atoms with E-state index in [2.05, 4.69) is 67.8 Å². The maximum absolute atomic E-state index is 12.3. The van der Waals surface area contributed by atoms with Gasteiger partial charge in [0, 0.05) is 6.42 Å². The van der Waals surface area contributed by atoms with Gasteiger partial charge in [0.2, 0.25) is 5.91 Å². The molecular formula is C42H75NO3. The van der Waals surface area contributed by atoms with E-state index in [4.69, 9.17) is 0 Å². The van der Waals surface area contributed by atoms with Gasteiger partial charge in [-0.2, -0.15) is 0 Å². The lowest BCUT2D eigenvalue weighted by molar-refractivity contribution is -0.123. The van der Waals surface area contributed by atoms with Crippen molar-refractivity contribution in [2.75, 3.05) is 6.61 Å². The summed E-state index contributed by atoms with van der Waals surface area (Å²) in [5, 5.41) is 22.9. The number of amides is 1. The molecule has 0 rings (SSSR count). The third-order valence-electron chi connectivity index (χ3n) is 8.43. The van der Waals surface area contributed by atoms with Gasteiger partial charge in [-0.1, -0.05) is 164 Å². The predicted octanol–water partition coefficient (Wildman–Crippen LogP) is 11.8. The monoisotopic (exact) mass is 642 g/mol. The van der Waals surface area contributed by atoms with Gasteiger partial charge < -0.3 is 15.5 Å². The van der Waals surface area contributed by atoms with Gasteiger partial charge in [0.15, 0.2) is 0 Å². The molecule has 0 aromatic heterocycles. The molecule has 0 fully saturated rings. The number of hydrogen-bond donors (Lipinski definition) is 3. The Morgan fingerprint density at radius 3 is 1.48 bits per heavy atom. The molecule has 4 heteroatoms. The van der Waals surface area contributed by atoms with Crippen LogP contribution in [0.3, 0.4) is 0 Å². The van der Waals surface area contributed by atoms with Crippen LogP contribution in [0.5, 0.6) is 0 Å². The summed E-state index contributed by atoms with van der Waals surface area (Å²) in [4.78, 5) is 12.3. The Morgan fingerprint density at radius 1 is 0.522 bits per heavy atom. The van der Waals surface area contributed by atoms with Crippen LogP contribution < -0.4 is 5.32 Å². The van der Waals surface area contributed by atoms with Crippen molar-refractivity contribution in [3.8, 4) is 0 Å². The molecule has 4 nitrogen and oxygen atoms in total. The average Bonchev–Trinajstić information content (AvgIpc) is 3.06. The molecule has 0 aliphatic rings. The Kier molecular flexibility index (Phi) is 36.0. The largest absolute Gasteiger partial charge is 0.394 e. The molecule has 0 saturated heterocycles. The first-order chi connectivity index (χ1) is 22.7. The molecule has 0 radical (unpaired) electrons. The van der Waals surface area contributed by atoms with E-state index in [0.717, 1.165) is 57.8 Å². The van der Waals surface area contributed by atoms with Crippen molar-refractivity contribution in [1.82, 2.24) is 5.32 Å². The van der Waals surface area contributed by atoms with Crippen LogP contribution in [0.15, 0.2) is 60.8 Å². The molecule has 2 atom stereocenters. The van der Waals surface area contributed by atoms with Gasteiger partial charge in [-0.25, -0.2) is 0 Å². The van der Waals surface area contributed by atoms with Gasteiger partial charge >= 0.3 is 0 Å². The minimum absolute atomic E-state index is 0.0960. The van der Waals surface area contributed by atoms with Crippen LogP contribution in [0, 0.1) is 0 Å². The van der Waals surface area contributed by atoms with Crippen LogP contribution in [0.1, 0.15) is 181 Å². The highest BCUT2D eigenvalue weighted by atomic mass is 16.3. The molecule has 2 unspecified atom stereocenters. The molecule has 0 aliphatic carbocycles. The molecule has 0 bridgehead atoms. The van der Waals surface area contributed by atoms with E-state index in [0.29, 0.717) is 6.42 Å². The summed E-state index contributed by atoms with van der Waals surface area (Å²) in [5.74, 6) is -0.0960. The highest BCUT2D eigenvalue weighted by molar-refractivity contribution is 5.76. The molecule has 0 heterocycles. The van der Waals surface area contributed by atoms with E-state index in [1.807, 2.05) is 6.08 Å². The lowest BCUT2D eigenvalue weighted by atomic mass is 10.1. The normalized spacial score (nSPS) is 13.7. The maximum Gasteiger partial charge on any atom is 0.220 e. The van der Waals surface area contributed by atoms with Crippen molar-refractivity contribution >= 4 is 5.91 Å². The zero-order valence-electron chi connectivity index (χ0n) is 30.3. The minimum Gasteiger partial charge on any atom is -0.394 e. The summed E-state index contributed by atoms with van der Waals surface area (Å²) < 4.78 is 0. The molecule has 0 aliphatic heterocycles. The molecule has 46 heavy (non-hydrogen) atoms. The van der Waals surface area contributed by atoms with Crippen molar-refractivity contribution in [2.45, 2.75) is 193 Å². The van der Waals surface area contributed by atoms with E-state index in [9.17, 15) is 15.0 Å². The summed E-state index contributed by atoms with van der Waals surface area (Å²) in [6.07, 6.45) is 51.7. The van der Waals surface area contributed by atoms with Gasteiger partial charge in [0.1, 0.15) is 0 Å². The lowest BCUT2D eigenvalue weighted by Gasteiger charge is -2.19. The SMILES string of the molecule is CCC/C=C\C/C=C\CCCCCCCC(=O)NC(CO)C(O)/C=C/CC/C=C/CC/C=C/CCCCCCCCCCCCC. The number of hydrogen-bond acceptors (Lipinski definition) is 3. The zero-order valence-corrected chi connectivity index (χ0v) is 30.3. The van der Waals surface area contributed by atoms with E-state index >= 15 is 0 Å². The number of nitrogens with one attached hydrogen (secondary N) is 1. The quantitative estimate of drug-likeness (QED) is 0.0483. The molecule has 1 amide bonds. The van der Waals surface area contributed by atoms with Crippen molar-refractivity contribution in [2.24, 2.45) is 0 Å². The van der Waals surface area contributed by atoms with E-state index < -0.39 is 12.1 Å². The van der Waals surface area contributed by atoms with Gasteiger partial charge in [0.05, 0.1) is 18.8 Å². The number of aliphatic hydroxyl groups excluding tert-OH is 2. The zero-order chi connectivity index (χ0) is 33.6. The Hall–Kier alpha value is -1.91. The Labute approximate surface area is 286 Å². The molecule has 0 aromatic rings. The summed E-state index contributed by atoms with van der Waals surface area (Å²) in [7, 11) is 0. The number of allylic oxidation sites excluding steroid dienone is 9. The fourth-order valence-electron chi connectivity index (χ4n) is 5.42. The van der Waals surface area contributed by atoms with Crippen LogP contribution >= 0.6 is 0 Å². The molecule has 3 N–H and O–H groups in total. The summed E-state index contributed by atoms with van der Waals surface area (Å²) in [6, 6.07) is -0.653. The summed E-state index contributed by atoms with van der Waals surface area (Å²) in [6.45, 7) is 4.21. The van der Waals surface area contributed by atoms with E-state index in [1.54, 1.807) is 6.08 Å². The second-order valence-electron chi connectivity index (χ2n) is 13.0. The minimum atomic E-state index is -0.876. The van der Waals surface area contributed by atoms with Gasteiger partial charge in [-0.15, -0.1) is 0 Å². The molecular weight excluding hydrogens is 566 g/mol. The van der Waals surface area contributed by atoms with Crippen LogP contribution in [0.4, 0.5) is 0 Å². The Morgan fingerprint density at radius 2 is 0.957 bits per heavy atom. The number of aliphatic hydroxyl groups is 2. The van der Waals surface area contributed by atoms with Crippen molar-refractivity contribution in [1.29, 1.82) is 0 Å². The second kappa shape index (κ2) is 37.5. The Balaban J connectivity index is 3.71. The first kappa shape index (κ1) is 44.1. The number of carbonyl (C=O) groups excluding carboxylic acids is 1. The highest BCUT2D eigenvalue weighted by Gasteiger charge is 2.17. The van der Waals surface area contributed by atoms with Gasteiger partial charge in [-0.3, -0.25) is 4.79 Å². The van der Waals surface area contributed by atoms with Gasteiger partial charge in [0.25, 0.3) is 0 Å². The van der Waals surface area contributed by atoms with Crippen molar-refractivity contribution in [3.63, 3.8) is 0 Å². The topological polar surface area (TPSA) is 69.6 Å². The third-order valence-corrected chi connectivity index (χ3v) is 8.43. The molecule has 0 aromatic carbocycles. The van der Waals surface area contributed by atoms with Crippen molar-refractivity contribution < 1.29 is 15.0 Å². The predicted molar refractivity (Wildman–Crippen MR) is 202 cm³/mol. The second-order valence-corrected chi connectivity index (χ2v) is 13.0. The van der Waals surface area contributed by atoms with Gasteiger partial charge in [-0.05, 0) is 70.6 Å². The van der Waals surface area contributed by atoms with Crippen LogP contribution in [0.2, 0.25) is 0 Å². The smallest absolute Gasteiger partial charge is 0.220 e. The molecule has 0 saturated carbocycles. The molecule has 0 spiro atoms. The highest BCUT2D eigenvalue weighted by Crippen LogP contribution is 2.12. The third kappa shape index (κ3) is 33.5. The number of rotatable bonds is 34. The fraction of sp³-hybridized carbons (Fsp3) is 0.738. The first-order valence-corrected chi connectivity index (χ1v) is 19.5. The summed E-state index contributed by atoms with van der Waals surface area (Å²) >= 11 is 0. The standard InChI is InChI=1S/C42H75NO3/c1-3-5-7-9-11-13-15-17-18-19-20-21-22-23-24-26-27-29-31-33-35-37-41(45)40(39-44)43-42(46)38-36-34-32-30-28-25-16-14-12-10-8-6-4-2/h8,10,14,16,22-23,27,29,35,37,40-41,44-45H,3-7,9,11-13,15,17-21,24-26,28,30-34,36,38-39H2,1-2H3,(H,43,46)/b10-8-,16-14-,23-22+,29-27+,37-35+. The number of unbranched alkanes of at least 4 members (excludes halogenated alkanes) is 19. The van der Waals surface area contributed by atoms with Crippen LogP contribution in [-0.2, 0) is 4.79 Å². The van der Waals surface area contributed by atoms with Crippen LogP contribution in [0.25, 0.3) is 0 Å². The molecule has 266 valence electrons. The lowest BCUT2D eigenvalue weighted by Crippen LogP contribution is -2.45. The van der Waals surface area contributed by atoms with Crippen LogP contribution in [-0.4, -0.2) is 34.9 Å². The first-order valence-electron chi connectivity index (χ1n) is 19.5. The fourth-order valence-corrected chi connectivity index (χ4v) is 5.42. The maximum atomic E-state index is 12.3. The van der Waals surface area contributed by atoms with E-state index in [-0.39, 0.29) is 12.5 Å².